The maximum atomic E-state index is 11.8. The molecule has 6 nitrogen and oxygen atoms in total. The standard InChI is InChI=1S/C13H12IN5O/c14-9-5-16-19(7-9)8-13(20)15-6-12-17-10-3-1-2-4-11(10)18-12/h1-5,7H,6,8H2,(H,15,20)(H,17,18). The third-order valence-corrected chi connectivity index (χ3v) is 3.36. The zero-order valence-electron chi connectivity index (χ0n) is 10.5. The second-order valence-electron chi connectivity index (χ2n) is 4.33. The van der Waals surface area contributed by atoms with Crippen LogP contribution in [-0.2, 0) is 17.9 Å². The van der Waals surface area contributed by atoms with Gasteiger partial charge in [0.15, 0.2) is 0 Å². The number of nitrogens with zero attached hydrogens (tertiary/aromatic N) is 3. The summed E-state index contributed by atoms with van der Waals surface area (Å²) in [6, 6.07) is 7.77. The van der Waals surface area contributed by atoms with Gasteiger partial charge in [-0.1, -0.05) is 12.1 Å². The van der Waals surface area contributed by atoms with E-state index >= 15 is 0 Å². The third kappa shape index (κ3) is 2.98. The summed E-state index contributed by atoms with van der Waals surface area (Å²) >= 11 is 2.16. The third-order valence-electron chi connectivity index (χ3n) is 2.80. The Morgan fingerprint density at radius 1 is 1.40 bits per heavy atom. The largest absolute Gasteiger partial charge is 0.347 e. The highest BCUT2D eigenvalue weighted by atomic mass is 127. The summed E-state index contributed by atoms with van der Waals surface area (Å²) in [6.07, 6.45) is 3.54. The first-order chi connectivity index (χ1) is 9.70. The predicted molar refractivity (Wildman–Crippen MR) is 82.9 cm³/mol. The quantitative estimate of drug-likeness (QED) is 0.676. The summed E-state index contributed by atoms with van der Waals surface area (Å²) in [5.41, 5.74) is 1.87. The summed E-state index contributed by atoms with van der Waals surface area (Å²) in [5, 5.41) is 6.89. The number of benzene rings is 1. The second kappa shape index (κ2) is 5.61. The topological polar surface area (TPSA) is 75.6 Å². The van der Waals surface area contributed by atoms with Crippen LogP contribution in [0.3, 0.4) is 0 Å². The average molecular weight is 381 g/mol. The molecule has 2 heterocycles. The van der Waals surface area contributed by atoms with Crippen LogP contribution in [0.25, 0.3) is 11.0 Å². The molecule has 102 valence electrons. The molecule has 0 radical (unpaired) electrons. The van der Waals surface area contributed by atoms with Gasteiger partial charge in [0.25, 0.3) is 0 Å². The number of fused-ring (bicyclic) bond motifs is 1. The van der Waals surface area contributed by atoms with Crippen LogP contribution in [0, 0.1) is 3.57 Å². The SMILES string of the molecule is O=C(Cn1cc(I)cn1)NCc1nc2ccccc2[nH]1. The number of carbonyl (C=O) groups is 1. The first kappa shape index (κ1) is 13.1. The van der Waals surface area contributed by atoms with Crippen LogP contribution in [0.4, 0.5) is 0 Å². The van der Waals surface area contributed by atoms with Gasteiger partial charge in [0, 0.05) is 6.20 Å². The number of amides is 1. The van der Waals surface area contributed by atoms with Crippen LogP contribution < -0.4 is 5.32 Å². The number of H-pyrrole nitrogens is 1. The van der Waals surface area contributed by atoms with Crippen molar-refractivity contribution >= 4 is 39.5 Å². The van der Waals surface area contributed by atoms with E-state index in [1.54, 1.807) is 10.9 Å². The fraction of sp³-hybridized carbons (Fsp3) is 0.154. The number of hydrogen-bond donors (Lipinski definition) is 2. The van der Waals surface area contributed by atoms with Crippen LogP contribution in [0.1, 0.15) is 5.82 Å². The van der Waals surface area contributed by atoms with Crippen LogP contribution in [-0.4, -0.2) is 25.7 Å². The van der Waals surface area contributed by atoms with Crippen molar-refractivity contribution in [2.45, 2.75) is 13.1 Å². The van der Waals surface area contributed by atoms with E-state index in [4.69, 9.17) is 0 Å². The van der Waals surface area contributed by atoms with Gasteiger partial charge in [0.1, 0.15) is 12.4 Å². The zero-order chi connectivity index (χ0) is 13.9. The summed E-state index contributed by atoms with van der Waals surface area (Å²) in [5.74, 6) is 0.652. The fourth-order valence-corrected chi connectivity index (χ4v) is 2.35. The Labute approximate surface area is 128 Å². The van der Waals surface area contributed by atoms with Crippen molar-refractivity contribution in [2.24, 2.45) is 0 Å². The molecule has 3 aromatic rings. The molecule has 20 heavy (non-hydrogen) atoms. The molecule has 0 aliphatic rings. The molecule has 0 bridgehead atoms. The maximum Gasteiger partial charge on any atom is 0.242 e. The minimum atomic E-state index is -0.0926. The Balaban J connectivity index is 1.59. The monoisotopic (exact) mass is 381 g/mol. The lowest BCUT2D eigenvalue weighted by atomic mass is 10.3. The van der Waals surface area contributed by atoms with Gasteiger partial charge in [-0.05, 0) is 34.7 Å². The van der Waals surface area contributed by atoms with Crippen molar-refractivity contribution in [2.75, 3.05) is 0 Å². The molecule has 1 aromatic carbocycles. The first-order valence-corrected chi connectivity index (χ1v) is 7.17. The van der Waals surface area contributed by atoms with Crippen molar-refractivity contribution in [3.63, 3.8) is 0 Å². The van der Waals surface area contributed by atoms with E-state index in [1.165, 1.54) is 0 Å². The van der Waals surface area contributed by atoms with Crippen molar-refractivity contribution in [1.29, 1.82) is 0 Å². The van der Waals surface area contributed by atoms with Gasteiger partial charge in [0.2, 0.25) is 5.91 Å². The van der Waals surface area contributed by atoms with Gasteiger partial charge in [-0.15, -0.1) is 0 Å². The molecule has 0 unspecified atom stereocenters. The highest BCUT2D eigenvalue weighted by molar-refractivity contribution is 14.1. The molecule has 0 saturated carbocycles. The minimum Gasteiger partial charge on any atom is -0.347 e. The van der Waals surface area contributed by atoms with Crippen molar-refractivity contribution < 1.29 is 4.79 Å². The van der Waals surface area contributed by atoms with Gasteiger partial charge >= 0.3 is 0 Å². The van der Waals surface area contributed by atoms with E-state index in [0.717, 1.165) is 20.4 Å². The normalized spacial score (nSPS) is 10.8. The van der Waals surface area contributed by atoms with E-state index in [9.17, 15) is 4.79 Å². The molecule has 0 aliphatic heterocycles. The number of hydrogen-bond acceptors (Lipinski definition) is 3. The highest BCUT2D eigenvalue weighted by Crippen LogP contribution is 2.09. The van der Waals surface area contributed by atoms with E-state index in [-0.39, 0.29) is 12.5 Å². The van der Waals surface area contributed by atoms with Crippen LogP contribution in [0.5, 0.6) is 0 Å². The van der Waals surface area contributed by atoms with Gasteiger partial charge in [-0.2, -0.15) is 5.10 Å². The molecule has 0 saturated heterocycles. The first-order valence-electron chi connectivity index (χ1n) is 6.09. The van der Waals surface area contributed by atoms with Gasteiger partial charge in [-0.25, -0.2) is 4.98 Å². The number of aromatic amines is 1. The highest BCUT2D eigenvalue weighted by Gasteiger charge is 2.06. The second-order valence-corrected chi connectivity index (χ2v) is 5.58. The van der Waals surface area contributed by atoms with E-state index in [2.05, 4.69) is 43.0 Å². The van der Waals surface area contributed by atoms with Gasteiger partial charge in [0.05, 0.1) is 27.3 Å². The van der Waals surface area contributed by atoms with Crippen LogP contribution >= 0.6 is 22.6 Å². The Bertz CT molecular complexity index is 715. The molecule has 0 fully saturated rings. The lowest BCUT2D eigenvalue weighted by Gasteiger charge is -2.03. The van der Waals surface area contributed by atoms with Gasteiger partial charge in [-0.3, -0.25) is 9.48 Å². The molecule has 0 atom stereocenters. The Morgan fingerprint density at radius 2 is 2.25 bits per heavy atom. The van der Waals surface area contributed by atoms with Crippen molar-refractivity contribution in [1.82, 2.24) is 25.1 Å². The minimum absolute atomic E-state index is 0.0926. The van der Waals surface area contributed by atoms with Crippen molar-refractivity contribution in [3.05, 3.63) is 46.1 Å². The molecule has 1 amide bonds. The molecular weight excluding hydrogens is 369 g/mol. The number of aromatic nitrogens is 4. The number of rotatable bonds is 4. The summed E-state index contributed by atoms with van der Waals surface area (Å²) in [7, 11) is 0. The summed E-state index contributed by atoms with van der Waals surface area (Å²) in [6.45, 7) is 0.592. The number of imidazole rings is 1. The zero-order valence-corrected chi connectivity index (χ0v) is 12.7. The summed E-state index contributed by atoms with van der Waals surface area (Å²) in [4.78, 5) is 19.4. The smallest absolute Gasteiger partial charge is 0.242 e. The van der Waals surface area contributed by atoms with Gasteiger partial charge < -0.3 is 10.3 Å². The predicted octanol–water partition coefficient (Wildman–Crippen LogP) is 1.68. The van der Waals surface area contributed by atoms with E-state index in [1.807, 2.05) is 30.5 Å². The van der Waals surface area contributed by atoms with Crippen LogP contribution in [0.15, 0.2) is 36.7 Å². The van der Waals surface area contributed by atoms with E-state index < -0.39 is 0 Å². The van der Waals surface area contributed by atoms with Crippen LogP contribution in [0.2, 0.25) is 0 Å². The lowest BCUT2D eigenvalue weighted by Crippen LogP contribution is -2.27. The Kier molecular flexibility index (Phi) is 3.68. The molecule has 7 heteroatoms. The molecular formula is C13H12IN5O. The lowest BCUT2D eigenvalue weighted by molar-refractivity contribution is -0.122. The average Bonchev–Trinajstić information content (AvgIpc) is 3.02. The Hall–Kier alpha value is -1.90. The number of para-hydroxylation sites is 2. The molecule has 0 aliphatic carbocycles. The number of halogens is 1. The number of carbonyl (C=O) groups excluding carboxylic acids is 1. The molecule has 3 rings (SSSR count). The summed E-state index contributed by atoms with van der Waals surface area (Å²) < 4.78 is 2.61. The van der Waals surface area contributed by atoms with E-state index in [0.29, 0.717) is 6.54 Å². The Morgan fingerprint density at radius 3 is 3.00 bits per heavy atom. The fourth-order valence-electron chi connectivity index (χ4n) is 1.90. The molecule has 2 aromatic heterocycles. The number of nitrogens with one attached hydrogen (secondary N) is 2. The molecule has 0 spiro atoms. The molecule has 2 N–H and O–H groups in total. The van der Waals surface area contributed by atoms with Crippen molar-refractivity contribution in [3.8, 4) is 0 Å². The maximum absolute atomic E-state index is 11.8.